The van der Waals surface area contributed by atoms with Crippen molar-refractivity contribution in [2.24, 2.45) is 5.73 Å². The summed E-state index contributed by atoms with van der Waals surface area (Å²) in [6, 6.07) is 26.2. The Morgan fingerprint density at radius 1 is 0.860 bits per heavy atom. The number of nitrogens with two attached hydrogens (primary N) is 1. The first kappa shape index (κ1) is 30.0. The molecule has 0 aromatic heterocycles. The van der Waals surface area contributed by atoms with Crippen LogP contribution in [0.3, 0.4) is 0 Å². The Labute approximate surface area is 254 Å². The molecule has 1 aliphatic heterocycles. The standard InChI is InChI=1S/C36H39N3O4/c1-25-17-31(22-39(3)14-6-13-37)35(42-23-28-8-4-7-27(18-28)21-38)20-34(25)43-24-30-9-5-10-32(26(30)2)29-11-12-33-36(19-29)41-16-15-40-33/h4-5,7-12,17-20H,6,13-16,22-24,37H2,1-3H3. The Balaban J connectivity index is 1.37. The summed E-state index contributed by atoms with van der Waals surface area (Å²) in [5.74, 6) is 3.11. The molecule has 0 spiro atoms. The van der Waals surface area contributed by atoms with E-state index in [0.29, 0.717) is 38.5 Å². The van der Waals surface area contributed by atoms with Crippen LogP contribution in [0.15, 0.2) is 72.8 Å². The van der Waals surface area contributed by atoms with E-state index in [1.807, 2.05) is 36.4 Å². The summed E-state index contributed by atoms with van der Waals surface area (Å²) in [5, 5.41) is 9.30. The van der Waals surface area contributed by atoms with Gasteiger partial charge in [-0.25, -0.2) is 0 Å². The number of benzene rings is 4. The number of fused-ring (bicyclic) bond motifs is 1. The lowest BCUT2D eigenvalue weighted by atomic mass is 9.96. The Kier molecular flexibility index (Phi) is 9.83. The lowest BCUT2D eigenvalue weighted by Crippen LogP contribution is -2.21. The van der Waals surface area contributed by atoms with Gasteiger partial charge in [-0.3, -0.25) is 0 Å². The number of rotatable bonds is 12. The maximum Gasteiger partial charge on any atom is 0.161 e. The molecule has 0 saturated heterocycles. The quantitative estimate of drug-likeness (QED) is 0.204. The highest BCUT2D eigenvalue weighted by atomic mass is 16.6. The lowest BCUT2D eigenvalue weighted by molar-refractivity contribution is 0.171. The summed E-state index contributed by atoms with van der Waals surface area (Å²) < 4.78 is 24.3. The van der Waals surface area contributed by atoms with Crippen molar-refractivity contribution >= 4 is 0 Å². The summed E-state index contributed by atoms with van der Waals surface area (Å²) in [6.45, 7) is 8.39. The van der Waals surface area contributed by atoms with Crippen LogP contribution in [-0.4, -0.2) is 38.3 Å². The van der Waals surface area contributed by atoms with Crippen molar-refractivity contribution in [1.29, 1.82) is 5.26 Å². The second-order valence-corrected chi connectivity index (χ2v) is 10.9. The first-order chi connectivity index (χ1) is 20.9. The van der Waals surface area contributed by atoms with Gasteiger partial charge in [0.05, 0.1) is 11.6 Å². The van der Waals surface area contributed by atoms with Gasteiger partial charge in [-0.2, -0.15) is 5.26 Å². The van der Waals surface area contributed by atoms with Gasteiger partial charge in [-0.15, -0.1) is 0 Å². The third kappa shape index (κ3) is 7.47. The van der Waals surface area contributed by atoms with E-state index in [1.165, 1.54) is 0 Å². The van der Waals surface area contributed by atoms with Crippen molar-refractivity contribution < 1.29 is 18.9 Å². The number of aryl methyl sites for hydroxylation is 1. The van der Waals surface area contributed by atoms with Crippen molar-refractivity contribution in [3.63, 3.8) is 0 Å². The summed E-state index contributed by atoms with van der Waals surface area (Å²) in [5.41, 5.74) is 13.9. The largest absolute Gasteiger partial charge is 0.488 e. The summed E-state index contributed by atoms with van der Waals surface area (Å²) in [6.07, 6.45) is 0.929. The van der Waals surface area contributed by atoms with E-state index in [-0.39, 0.29) is 0 Å². The van der Waals surface area contributed by atoms with Crippen molar-refractivity contribution in [1.82, 2.24) is 4.90 Å². The first-order valence-electron chi connectivity index (χ1n) is 14.7. The van der Waals surface area contributed by atoms with Crippen LogP contribution < -0.4 is 24.7 Å². The summed E-state index contributed by atoms with van der Waals surface area (Å²) in [7, 11) is 2.09. The zero-order valence-corrected chi connectivity index (χ0v) is 25.2. The van der Waals surface area contributed by atoms with E-state index in [9.17, 15) is 5.26 Å². The zero-order chi connectivity index (χ0) is 30.2. The molecule has 7 heteroatoms. The van der Waals surface area contributed by atoms with Gasteiger partial charge in [-0.1, -0.05) is 36.4 Å². The van der Waals surface area contributed by atoms with Gasteiger partial charge < -0.3 is 29.6 Å². The predicted molar refractivity (Wildman–Crippen MR) is 169 cm³/mol. The predicted octanol–water partition coefficient (Wildman–Crippen LogP) is 6.55. The van der Waals surface area contributed by atoms with Crippen molar-refractivity contribution in [3.8, 4) is 40.2 Å². The van der Waals surface area contributed by atoms with Gasteiger partial charge in [0.2, 0.25) is 0 Å². The summed E-state index contributed by atoms with van der Waals surface area (Å²) >= 11 is 0. The van der Waals surface area contributed by atoms with Crippen molar-refractivity contribution in [3.05, 3.63) is 106 Å². The number of hydrogen-bond donors (Lipinski definition) is 1. The molecule has 0 fully saturated rings. The number of nitriles is 1. The second-order valence-electron chi connectivity index (χ2n) is 10.9. The minimum Gasteiger partial charge on any atom is -0.488 e. The molecule has 0 radical (unpaired) electrons. The first-order valence-corrected chi connectivity index (χ1v) is 14.7. The number of nitrogens with zero attached hydrogens (tertiary/aromatic N) is 2. The molecular weight excluding hydrogens is 538 g/mol. The molecule has 222 valence electrons. The molecule has 7 nitrogen and oxygen atoms in total. The molecule has 2 N–H and O–H groups in total. The maximum absolute atomic E-state index is 9.30. The molecule has 4 aromatic carbocycles. The van der Waals surface area contributed by atoms with Crippen LogP contribution >= 0.6 is 0 Å². The van der Waals surface area contributed by atoms with Crippen LogP contribution in [0.2, 0.25) is 0 Å². The highest BCUT2D eigenvalue weighted by molar-refractivity contribution is 5.71. The van der Waals surface area contributed by atoms with Crippen molar-refractivity contribution in [2.45, 2.75) is 40.0 Å². The molecular formula is C36H39N3O4. The molecule has 0 unspecified atom stereocenters. The van der Waals surface area contributed by atoms with E-state index in [4.69, 9.17) is 24.7 Å². The maximum atomic E-state index is 9.30. The molecule has 0 atom stereocenters. The van der Waals surface area contributed by atoms with E-state index >= 15 is 0 Å². The Bertz CT molecular complexity index is 1610. The average Bonchev–Trinajstić information content (AvgIpc) is 3.03. The van der Waals surface area contributed by atoms with Gasteiger partial charge in [0, 0.05) is 18.2 Å². The number of ether oxygens (including phenoxy) is 4. The Morgan fingerprint density at radius 2 is 1.65 bits per heavy atom. The van der Waals surface area contributed by atoms with E-state index in [2.05, 4.69) is 62.2 Å². The Hall–Kier alpha value is -4.51. The zero-order valence-electron chi connectivity index (χ0n) is 25.2. The normalized spacial score (nSPS) is 12.2. The SMILES string of the molecule is Cc1cc(CN(C)CCCN)c(OCc2cccc(C#N)c2)cc1OCc1cccc(-c2ccc3c(c2)OCCO3)c1C. The Morgan fingerprint density at radius 3 is 2.47 bits per heavy atom. The fourth-order valence-corrected chi connectivity index (χ4v) is 5.28. The van der Waals surface area contributed by atoms with Crippen LogP contribution in [-0.2, 0) is 19.8 Å². The van der Waals surface area contributed by atoms with Gasteiger partial charge in [0.1, 0.15) is 37.9 Å². The molecule has 0 amide bonds. The molecule has 43 heavy (non-hydrogen) atoms. The topological polar surface area (TPSA) is 90.0 Å². The van der Waals surface area contributed by atoms with Crippen LogP contribution in [0.1, 0.15) is 39.8 Å². The number of hydrogen-bond acceptors (Lipinski definition) is 7. The molecule has 0 saturated carbocycles. The third-order valence-electron chi connectivity index (χ3n) is 7.68. The second kappa shape index (κ2) is 14.1. The summed E-state index contributed by atoms with van der Waals surface area (Å²) in [4.78, 5) is 2.25. The van der Waals surface area contributed by atoms with E-state index in [0.717, 1.165) is 81.5 Å². The molecule has 1 heterocycles. The van der Waals surface area contributed by atoms with Gasteiger partial charge in [0.15, 0.2) is 11.5 Å². The lowest BCUT2D eigenvalue weighted by Gasteiger charge is -2.21. The monoisotopic (exact) mass is 577 g/mol. The van der Waals surface area contributed by atoms with Crippen LogP contribution in [0.25, 0.3) is 11.1 Å². The average molecular weight is 578 g/mol. The van der Waals surface area contributed by atoms with Gasteiger partial charge in [-0.05, 0) is 104 Å². The fraction of sp³-hybridized carbons (Fsp3) is 0.306. The third-order valence-corrected chi connectivity index (χ3v) is 7.68. The molecule has 4 aromatic rings. The molecule has 1 aliphatic rings. The van der Waals surface area contributed by atoms with Crippen LogP contribution in [0.4, 0.5) is 0 Å². The highest BCUT2D eigenvalue weighted by Gasteiger charge is 2.16. The fourth-order valence-electron chi connectivity index (χ4n) is 5.28. The molecule has 5 rings (SSSR count). The highest BCUT2D eigenvalue weighted by Crippen LogP contribution is 2.37. The van der Waals surface area contributed by atoms with Crippen LogP contribution in [0.5, 0.6) is 23.0 Å². The molecule has 0 aliphatic carbocycles. The van der Waals surface area contributed by atoms with Crippen molar-refractivity contribution in [2.75, 3.05) is 33.4 Å². The van der Waals surface area contributed by atoms with Gasteiger partial charge in [0.25, 0.3) is 0 Å². The smallest absolute Gasteiger partial charge is 0.161 e. The van der Waals surface area contributed by atoms with E-state index < -0.39 is 0 Å². The van der Waals surface area contributed by atoms with Gasteiger partial charge >= 0.3 is 0 Å². The minimum absolute atomic E-state index is 0.355. The van der Waals surface area contributed by atoms with E-state index in [1.54, 1.807) is 6.07 Å². The van der Waals surface area contributed by atoms with Crippen LogP contribution in [0, 0.1) is 25.2 Å². The molecule has 0 bridgehead atoms. The minimum atomic E-state index is 0.355.